The first-order chi connectivity index (χ1) is 8.77. The van der Waals surface area contributed by atoms with Crippen molar-refractivity contribution in [2.75, 3.05) is 0 Å². The standard InChI is InChI=1S/C13H14N4O/c1-10(12-6-2-3-8-15-12)16-17-13(18)11-5-4-7-14-9-11/h2-9,13,17-18H,1H3/b16-10+. The van der Waals surface area contributed by atoms with E-state index in [4.69, 9.17) is 0 Å². The zero-order chi connectivity index (χ0) is 12.8. The van der Waals surface area contributed by atoms with E-state index >= 15 is 0 Å². The Kier molecular flexibility index (Phi) is 3.98. The van der Waals surface area contributed by atoms with E-state index in [0.29, 0.717) is 11.3 Å². The molecule has 0 fully saturated rings. The molecule has 5 heteroatoms. The normalized spacial score (nSPS) is 13.1. The highest BCUT2D eigenvalue weighted by molar-refractivity contribution is 5.96. The van der Waals surface area contributed by atoms with Gasteiger partial charge in [0, 0.05) is 24.2 Å². The second-order valence-electron chi connectivity index (χ2n) is 3.73. The van der Waals surface area contributed by atoms with E-state index < -0.39 is 6.23 Å². The van der Waals surface area contributed by atoms with Crippen molar-refractivity contribution < 1.29 is 5.11 Å². The number of nitrogens with zero attached hydrogens (tertiary/aromatic N) is 3. The Bertz CT molecular complexity index is 513. The maximum atomic E-state index is 9.84. The van der Waals surface area contributed by atoms with Gasteiger partial charge in [-0.3, -0.25) is 15.4 Å². The van der Waals surface area contributed by atoms with Crippen LogP contribution in [-0.4, -0.2) is 20.8 Å². The number of aliphatic hydroxyl groups is 1. The summed E-state index contributed by atoms with van der Waals surface area (Å²) < 4.78 is 0. The van der Waals surface area contributed by atoms with Crippen LogP contribution in [0.5, 0.6) is 0 Å². The van der Waals surface area contributed by atoms with Gasteiger partial charge in [-0.05, 0) is 25.1 Å². The van der Waals surface area contributed by atoms with Crippen LogP contribution in [0.25, 0.3) is 0 Å². The lowest BCUT2D eigenvalue weighted by Gasteiger charge is -2.10. The quantitative estimate of drug-likeness (QED) is 0.484. The largest absolute Gasteiger partial charge is 0.368 e. The molecule has 0 amide bonds. The van der Waals surface area contributed by atoms with Gasteiger partial charge in [0.1, 0.15) is 0 Å². The molecule has 1 unspecified atom stereocenters. The van der Waals surface area contributed by atoms with Gasteiger partial charge in [-0.1, -0.05) is 12.1 Å². The van der Waals surface area contributed by atoms with E-state index in [2.05, 4.69) is 20.5 Å². The predicted molar refractivity (Wildman–Crippen MR) is 68.8 cm³/mol. The van der Waals surface area contributed by atoms with Crippen LogP contribution in [0.3, 0.4) is 0 Å². The molecule has 0 saturated heterocycles. The molecule has 92 valence electrons. The van der Waals surface area contributed by atoms with Crippen LogP contribution in [0.2, 0.25) is 0 Å². The highest BCUT2D eigenvalue weighted by Crippen LogP contribution is 2.07. The summed E-state index contributed by atoms with van der Waals surface area (Å²) in [7, 11) is 0. The third kappa shape index (κ3) is 3.11. The minimum absolute atomic E-state index is 0.662. The average molecular weight is 242 g/mol. The molecule has 0 aliphatic carbocycles. The van der Waals surface area contributed by atoms with Crippen LogP contribution in [0, 0.1) is 0 Å². The SMILES string of the molecule is C/C(=N\NC(O)c1cccnc1)c1ccccn1. The molecule has 0 spiro atoms. The summed E-state index contributed by atoms with van der Waals surface area (Å²) in [5, 5.41) is 13.9. The lowest BCUT2D eigenvalue weighted by molar-refractivity contribution is 0.141. The Labute approximate surface area is 105 Å². The van der Waals surface area contributed by atoms with Crippen LogP contribution in [-0.2, 0) is 0 Å². The second kappa shape index (κ2) is 5.88. The van der Waals surface area contributed by atoms with E-state index in [-0.39, 0.29) is 0 Å². The first-order valence-electron chi connectivity index (χ1n) is 5.56. The van der Waals surface area contributed by atoms with E-state index in [1.54, 1.807) is 30.7 Å². The van der Waals surface area contributed by atoms with Crippen molar-refractivity contribution in [2.24, 2.45) is 5.10 Å². The number of hydrogen-bond donors (Lipinski definition) is 2. The molecule has 0 radical (unpaired) electrons. The van der Waals surface area contributed by atoms with Gasteiger partial charge in [0.05, 0.1) is 11.4 Å². The van der Waals surface area contributed by atoms with Crippen molar-refractivity contribution >= 4 is 5.71 Å². The minimum atomic E-state index is -0.877. The fraction of sp³-hybridized carbons (Fsp3) is 0.154. The van der Waals surface area contributed by atoms with Crippen LogP contribution in [0.15, 0.2) is 54.0 Å². The molecule has 2 aromatic heterocycles. The van der Waals surface area contributed by atoms with Gasteiger partial charge in [-0.15, -0.1) is 0 Å². The molecule has 2 N–H and O–H groups in total. The molecule has 2 heterocycles. The van der Waals surface area contributed by atoms with Gasteiger partial charge in [-0.25, -0.2) is 0 Å². The maximum absolute atomic E-state index is 9.84. The predicted octanol–water partition coefficient (Wildman–Crippen LogP) is 1.48. The summed E-state index contributed by atoms with van der Waals surface area (Å²) >= 11 is 0. The van der Waals surface area contributed by atoms with Crippen molar-refractivity contribution in [3.8, 4) is 0 Å². The third-order valence-corrected chi connectivity index (χ3v) is 2.39. The first-order valence-corrected chi connectivity index (χ1v) is 5.56. The molecular weight excluding hydrogens is 228 g/mol. The van der Waals surface area contributed by atoms with Crippen LogP contribution in [0.1, 0.15) is 24.4 Å². The highest BCUT2D eigenvalue weighted by Gasteiger charge is 2.05. The number of aromatic nitrogens is 2. The van der Waals surface area contributed by atoms with Gasteiger partial charge in [0.2, 0.25) is 0 Å². The number of hydrazone groups is 1. The van der Waals surface area contributed by atoms with Crippen molar-refractivity contribution in [3.63, 3.8) is 0 Å². The molecule has 18 heavy (non-hydrogen) atoms. The Morgan fingerprint density at radius 3 is 2.83 bits per heavy atom. The minimum Gasteiger partial charge on any atom is -0.368 e. The molecule has 0 aromatic carbocycles. The first kappa shape index (κ1) is 12.2. The lowest BCUT2D eigenvalue weighted by Crippen LogP contribution is -2.17. The molecule has 2 aromatic rings. The lowest BCUT2D eigenvalue weighted by atomic mass is 10.2. The van der Waals surface area contributed by atoms with E-state index in [0.717, 1.165) is 5.69 Å². The molecule has 2 rings (SSSR count). The summed E-state index contributed by atoms with van der Waals surface area (Å²) in [5.41, 5.74) is 4.80. The number of hydrogen-bond acceptors (Lipinski definition) is 5. The Balaban J connectivity index is 2.03. The highest BCUT2D eigenvalue weighted by atomic mass is 16.3. The van der Waals surface area contributed by atoms with E-state index in [1.807, 2.05) is 25.1 Å². The van der Waals surface area contributed by atoms with Crippen LogP contribution >= 0.6 is 0 Å². The van der Waals surface area contributed by atoms with Crippen molar-refractivity contribution in [1.82, 2.24) is 15.4 Å². The summed E-state index contributed by atoms with van der Waals surface area (Å²) in [6.07, 6.45) is 4.06. The molecule has 0 saturated carbocycles. The monoisotopic (exact) mass is 242 g/mol. The fourth-order valence-electron chi connectivity index (χ4n) is 1.40. The molecule has 1 atom stereocenters. The van der Waals surface area contributed by atoms with Crippen LogP contribution in [0.4, 0.5) is 0 Å². The van der Waals surface area contributed by atoms with Gasteiger partial charge < -0.3 is 5.11 Å². The Morgan fingerprint density at radius 2 is 2.17 bits per heavy atom. The van der Waals surface area contributed by atoms with E-state index in [9.17, 15) is 5.11 Å². The zero-order valence-corrected chi connectivity index (χ0v) is 9.99. The summed E-state index contributed by atoms with van der Waals surface area (Å²) in [6.45, 7) is 1.82. The summed E-state index contributed by atoms with van der Waals surface area (Å²) in [4.78, 5) is 8.09. The van der Waals surface area contributed by atoms with Gasteiger partial charge in [0.25, 0.3) is 0 Å². The number of rotatable bonds is 4. The molecular formula is C13H14N4O. The van der Waals surface area contributed by atoms with Gasteiger partial charge >= 0.3 is 0 Å². The zero-order valence-electron chi connectivity index (χ0n) is 9.99. The average Bonchev–Trinajstić information content (AvgIpc) is 2.46. The second-order valence-corrected chi connectivity index (χ2v) is 3.73. The van der Waals surface area contributed by atoms with E-state index in [1.165, 1.54) is 0 Å². The van der Waals surface area contributed by atoms with Crippen LogP contribution < -0.4 is 5.43 Å². The van der Waals surface area contributed by atoms with Gasteiger partial charge in [-0.2, -0.15) is 5.10 Å². The third-order valence-electron chi connectivity index (χ3n) is 2.39. The molecule has 5 nitrogen and oxygen atoms in total. The number of aliphatic hydroxyl groups excluding tert-OH is 1. The van der Waals surface area contributed by atoms with Crippen molar-refractivity contribution in [3.05, 3.63) is 60.2 Å². The molecule has 0 bridgehead atoms. The van der Waals surface area contributed by atoms with Gasteiger partial charge in [0.15, 0.2) is 6.23 Å². The topological polar surface area (TPSA) is 70.4 Å². The fourth-order valence-corrected chi connectivity index (χ4v) is 1.40. The molecule has 0 aliphatic heterocycles. The smallest absolute Gasteiger partial charge is 0.167 e. The number of pyridine rings is 2. The van der Waals surface area contributed by atoms with Crippen molar-refractivity contribution in [2.45, 2.75) is 13.2 Å². The number of nitrogens with one attached hydrogen (secondary N) is 1. The maximum Gasteiger partial charge on any atom is 0.167 e. The van der Waals surface area contributed by atoms with Crippen molar-refractivity contribution in [1.29, 1.82) is 0 Å². The molecule has 0 aliphatic rings. The Hall–Kier alpha value is -2.27. The summed E-state index contributed by atoms with van der Waals surface area (Å²) in [6, 6.07) is 9.12. The Morgan fingerprint density at radius 1 is 1.28 bits per heavy atom. The summed E-state index contributed by atoms with van der Waals surface area (Å²) in [5.74, 6) is 0.